The van der Waals surface area contributed by atoms with Gasteiger partial charge in [0, 0.05) is 13.1 Å². The van der Waals surface area contributed by atoms with Crippen LogP contribution in [0.4, 0.5) is 11.6 Å². The van der Waals surface area contributed by atoms with E-state index in [2.05, 4.69) is 22.5 Å². The van der Waals surface area contributed by atoms with Crippen LogP contribution in [0.3, 0.4) is 0 Å². The highest BCUT2D eigenvalue weighted by molar-refractivity contribution is 6.37. The van der Waals surface area contributed by atoms with Gasteiger partial charge in [-0.1, -0.05) is 36.5 Å². The highest BCUT2D eigenvalue weighted by atomic mass is 35.5. The summed E-state index contributed by atoms with van der Waals surface area (Å²) in [6.45, 7) is 6.05. The third-order valence-corrected chi connectivity index (χ3v) is 4.21. The van der Waals surface area contributed by atoms with E-state index < -0.39 is 0 Å². The van der Waals surface area contributed by atoms with E-state index in [1.807, 2.05) is 6.92 Å². The maximum absolute atomic E-state index is 6.18. The molecular weight excluding hydrogens is 281 g/mol. The molecule has 1 aromatic rings. The van der Waals surface area contributed by atoms with Gasteiger partial charge in [0.15, 0.2) is 0 Å². The molecule has 1 heterocycles. The van der Waals surface area contributed by atoms with E-state index in [0.717, 1.165) is 30.7 Å². The van der Waals surface area contributed by atoms with Crippen LogP contribution in [0.1, 0.15) is 33.1 Å². The maximum atomic E-state index is 6.18. The van der Waals surface area contributed by atoms with E-state index >= 15 is 0 Å². The highest BCUT2D eigenvalue weighted by Crippen LogP contribution is 2.32. The van der Waals surface area contributed by atoms with Crippen LogP contribution in [0.25, 0.3) is 0 Å². The summed E-state index contributed by atoms with van der Waals surface area (Å²) in [6.07, 6.45) is 3.91. The molecule has 0 bridgehead atoms. The smallest absolute Gasteiger partial charge is 0.147 e. The highest BCUT2D eigenvalue weighted by Gasteiger charge is 2.21. The first-order valence-electron chi connectivity index (χ1n) is 6.94. The van der Waals surface area contributed by atoms with E-state index in [1.165, 1.54) is 19.3 Å². The lowest BCUT2D eigenvalue weighted by Crippen LogP contribution is -2.13. The molecule has 2 atom stereocenters. The van der Waals surface area contributed by atoms with E-state index in [-0.39, 0.29) is 0 Å². The summed E-state index contributed by atoms with van der Waals surface area (Å²) in [6, 6.07) is 1.74. The second-order valence-corrected chi connectivity index (χ2v) is 6.16. The second-order valence-electron chi connectivity index (χ2n) is 5.34. The minimum atomic E-state index is 0.562. The molecule has 0 radical (unpaired) electrons. The predicted molar refractivity (Wildman–Crippen MR) is 83.4 cm³/mol. The summed E-state index contributed by atoms with van der Waals surface area (Å²) in [5.74, 6) is 2.99. The predicted octanol–water partition coefficient (Wildman–Crippen LogP) is 4.67. The molecule has 1 aromatic heterocycles. The molecule has 0 amide bonds. The summed E-state index contributed by atoms with van der Waals surface area (Å²) in [4.78, 5) is 4.46. The van der Waals surface area contributed by atoms with Crippen molar-refractivity contribution in [1.29, 1.82) is 0 Å². The van der Waals surface area contributed by atoms with Crippen LogP contribution >= 0.6 is 23.2 Å². The second kappa shape index (κ2) is 6.67. The van der Waals surface area contributed by atoms with Crippen LogP contribution in [-0.4, -0.2) is 18.1 Å². The zero-order valence-electron chi connectivity index (χ0n) is 11.5. The van der Waals surface area contributed by atoms with Crippen molar-refractivity contribution in [1.82, 2.24) is 4.98 Å². The van der Waals surface area contributed by atoms with Crippen LogP contribution in [0.2, 0.25) is 10.0 Å². The minimum absolute atomic E-state index is 0.562. The molecule has 106 valence electrons. The van der Waals surface area contributed by atoms with Crippen LogP contribution < -0.4 is 10.6 Å². The minimum Gasteiger partial charge on any atom is -0.369 e. The number of hydrogen-bond donors (Lipinski definition) is 2. The Hall–Kier alpha value is -0.670. The molecule has 0 spiro atoms. The summed E-state index contributed by atoms with van der Waals surface area (Å²) in [7, 11) is 0. The quantitative estimate of drug-likeness (QED) is 0.830. The average Bonchev–Trinajstić information content (AvgIpc) is 2.77. The first-order chi connectivity index (χ1) is 9.10. The Bertz CT molecular complexity index is 437. The van der Waals surface area contributed by atoms with Gasteiger partial charge in [0.25, 0.3) is 0 Å². The van der Waals surface area contributed by atoms with Gasteiger partial charge in [-0.2, -0.15) is 0 Å². The third kappa shape index (κ3) is 3.90. The Labute approximate surface area is 125 Å². The number of anilines is 2. The zero-order chi connectivity index (χ0) is 13.8. The van der Waals surface area contributed by atoms with Gasteiger partial charge in [-0.15, -0.1) is 0 Å². The lowest BCUT2D eigenvalue weighted by Gasteiger charge is -2.14. The van der Waals surface area contributed by atoms with Crippen molar-refractivity contribution in [3.05, 3.63) is 16.1 Å². The molecule has 2 N–H and O–H groups in total. The molecule has 2 unspecified atom stereocenters. The molecule has 1 saturated carbocycles. The zero-order valence-corrected chi connectivity index (χ0v) is 13.0. The van der Waals surface area contributed by atoms with Crippen LogP contribution in [-0.2, 0) is 0 Å². The fourth-order valence-corrected chi connectivity index (χ4v) is 3.13. The number of rotatable bonds is 5. The molecule has 3 nitrogen and oxygen atoms in total. The number of hydrogen-bond acceptors (Lipinski definition) is 3. The molecule has 0 aromatic carbocycles. The van der Waals surface area contributed by atoms with Crippen LogP contribution in [0, 0.1) is 11.8 Å². The summed E-state index contributed by atoms with van der Waals surface area (Å²) >= 11 is 12.3. The van der Waals surface area contributed by atoms with E-state index in [9.17, 15) is 0 Å². The first kappa shape index (κ1) is 14.7. The SMILES string of the molecule is CCNc1nc(NCC2CCC(C)C2)c(Cl)cc1Cl. The van der Waals surface area contributed by atoms with Crippen molar-refractivity contribution in [2.24, 2.45) is 11.8 Å². The molecule has 1 aliphatic rings. The topological polar surface area (TPSA) is 37.0 Å². The standard InChI is InChI=1S/C14H21Cl2N3/c1-3-17-13-11(15)7-12(16)14(19-13)18-8-10-5-4-9(2)6-10/h7,9-10H,3-6,8H2,1-2H3,(H2,17,18,19). The average molecular weight is 302 g/mol. The Morgan fingerprint density at radius 1 is 1.21 bits per heavy atom. The van der Waals surface area contributed by atoms with Gasteiger partial charge in [0.05, 0.1) is 10.0 Å². The third-order valence-electron chi connectivity index (χ3n) is 3.64. The van der Waals surface area contributed by atoms with E-state index in [4.69, 9.17) is 23.2 Å². The van der Waals surface area contributed by atoms with Crippen molar-refractivity contribution in [3.63, 3.8) is 0 Å². The van der Waals surface area contributed by atoms with Gasteiger partial charge >= 0.3 is 0 Å². The molecule has 0 aliphatic heterocycles. The molecule has 1 fully saturated rings. The molecular formula is C14H21Cl2N3. The Kier molecular flexibility index (Phi) is 5.17. The largest absolute Gasteiger partial charge is 0.369 e. The number of nitrogens with zero attached hydrogens (tertiary/aromatic N) is 1. The molecule has 0 saturated heterocycles. The van der Waals surface area contributed by atoms with E-state index in [0.29, 0.717) is 15.9 Å². The lowest BCUT2D eigenvalue weighted by molar-refractivity contribution is 0.536. The monoisotopic (exact) mass is 301 g/mol. The molecule has 1 aliphatic carbocycles. The Balaban J connectivity index is 2.00. The van der Waals surface area contributed by atoms with Gasteiger partial charge in [-0.05, 0) is 37.7 Å². The van der Waals surface area contributed by atoms with Gasteiger partial charge in [0.1, 0.15) is 11.6 Å². The number of nitrogens with one attached hydrogen (secondary N) is 2. The van der Waals surface area contributed by atoms with Crippen molar-refractivity contribution < 1.29 is 0 Å². The first-order valence-corrected chi connectivity index (χ1v) is 7.69. The summed E-state index contributed by atoms with van der Waals surface area (Å²) < 4.78 is 0. The summed E-state index contributed by atoms with van der Waals surface area (Å²) in [5.41, 5.74) is 0. The number of aromatic nitrogens is 1. The van der Waals surface area contributed by atoms with Crippen molar-refractivity contribution in [3.8, 4) is 0 Å². The molecule has 2 rings (SSSR count). The van der Waals surface area contributed by atoms with Crippen LogP contribution in [0.5, 0.6) is 0 Å². The van der Waals surface area contributed by atoms with E-state index in [1.54, 1.807) is 6.07 Å². The maximum Gasteiger partial charge on any atom is 0.147 e. The number of pyridine rings is 1. The molecule has 19 heavy (non-hydrogen) atoms. The Morgan fingerprint density at radius 3 is 2.47 bits per heavy atom. The normalized spacial score (nSPS) is 22.5. The van der Waals surface area contributed by atoms with Gasteiger partial charge < -0.3 is 10.6 Å². The van der Waals surface area contributed by atoms with Crippen molar-refractivity contribution >= 4 is 34.8 Å². The van der Waals surface area contributed by atoms with Gasteiger partial charge in [-0.3, -0.25) is 0 Å². The van der Waals surface area contributed by atoms with Crippen LogP contribution in [0.15, 0.2) is 6.07 Å². The van der Waals surface area contributed by atoms with Gasteiger partial charge in [0.2, 0.25) is 0 Å². The Morgan fingerprint density at radius 2 is 1.89 bits per heavy atom. The fraction of sp³-hybridized carbons (Fsp3) is 0.643. The van der Waals surface area contributed by atoms with Crippen molar-refractivity contribution in [2.45, 2.75) is 33.1 Å². The van der Waals surface area contributed by atoms with Gasteiger partial charge in [-0.25, -0.2) is 4.98 Å². The summed E-state index contributed by atoms with van der Waals surface area (Å²) in [5, 5.41) is 7.64. The van der Waals surface area contributed by atoms with Crippen molar-refractivity contribution in [2.75, 3.05) is 23.7 Å². The lowest BCUT2D eigenvalue weighted by atomic mass is 10.1. The number of halogens is 2. The molecule has 5 heteroatoms. The fourth-order valence-electron chi connectivity index (χ4n) is 2.63.